The molecule has 4 N–H and O–H groups in total. The first kappa shape index (κ1) is 107. The molecule has 2 unspecified atom stereocenters. The Labute approximate surface area is 797 Å². The molecule has 10 rings (SSSR count). The second kappa shape index (κ2) is 46.8. The minimum Gasteiger partial charge on any atom is -0.493 e. The van der Waals surface area contributed by atoms with Crippen LogP contribution in [0.4, 0.5) is 30.6 Å². The summed E-state index contributed by atoms with van der Waals surface area (Å²) in [7, 11) is 5.97. The number of carbonyl (C=O) groups is 16. The van der Waals surface area contributed by atoms with Crippen molar-refractivity contribution in [2.45, 2.75) is 226 Å². The lowest BCUT2D eigenvalue weighted by Gasteiger charge is -2.43. The lowest BCUT2D eigenvalue weighted by Crippen LogP contribution is -2.64. The highest BCUT2D eigenvalue weighted by molar-refractivity contribution is 6.08. The van der Waals surface area contributed by atoms with Gasteiger partial charge in [-0.2, -0.15) is 0 Å². The summed E-state index contributed by atoms with van der Waals surface area (Å²) in [5, 5.41) is 30.2. The Morgan fingerprint density at radius 2 is 0.813 bits per heavy atom. The highest BCUT2D eigenvalue weighted by Crippen LogP contribution is 2.46. The van der Waals surface area contributed by atoms with Crippen LogP contribution in [0.2, 0.25) is 0 Å². The number of esters is 8. The average molecular weight is 1960 g/mol. The zero-order valence-electron chi connectivity index (χ0n) is 79.5. The molecule has 0 aliphatic carbocycles. The molecule has 0 spiro atoms. The zero-order valence-corrected chi connectivity index (χ0v) is 79.5. The molecule has 47 heteroatoms. The van der Waals surface area contributed by atoms with Gasteiger partial charge in [0.2, 0.25) is 24.8 Å². The lowest BCUT2D eigenvalue weighted by atomic mass is 9.97. The first-order chi connectivity index (χ1) is 65.7. The van der Waals surface area contributed by atoms with E-state index in [0.717, 1.165) is 77.7 Å². The number of rotatable bonds is 35. The van der Waals surface area contributed by atoms with Gasteiger partial charge in [-0.05, 0) is 121 Å². The van der Waals surface area contributed by atoms with Crippen LogP contribution in [0, 0.1) is 0 Å². The summed E-state index contributed by atoms with van der Waals surface area (Å²) >= 11 is 0. The Morgan fingerprint density at radius 3 is 1.16 bits per heavy atom. The molecule has 6 aliphatic heterocycles. The third-order valence-electron chi connectivity index (χ3n) is 21.3. The summed E-state index contributed by atoms with van der Waals surface area (Å²) in [5.74, 6) is -12.0. The van der Waals surface area contributed by atoms with E-state index in [1.807, 2.05) is 0 Å². The molecule has 8 amide bonds. The van der Waals surface area contributed by atoms with E-state index in [4.69, 9.17) is 104 Å². The number of nitrogens with zero attached hydrogens (tertiary/aromatic N) is 5. The van der Waals surface area contributed by atoms with Crippen molar-refractivity contribution >= 4 is 107 Å². The van der Waals surface area contributed by atoms with Crippen molar-refractivity contribution in [2.75, 3.05) is 98.0 Å². The van der Waals surface area contributed by atoms with Gasteiger partial charge in [0.25, 0.3) is 23.6 Å². The first-order valence-electron chi connectivity index (χ1n) is 43.7. The number of anilines is 2. The fourth-order valence-corrected chi connectivity index (χ4v) is 15.6. The molecule has 4 saturated heterocycles. The van der Waals surface area contributed by atoms with Crippen molar-refractivity contribution in [1.82, 2.24) is 25.5 Å². The van der Waals surface area contributed by atoms with Gasteiger partial charge in [0.1, 0.15) is 35.9 Å². The number of methoxy groups -OCH3 is 5. The number of ether oxygens (including phenoxy) is 21. The van der Waals surface area contributed by atoms with Crippen LogP contribution in [0.5, 0.6) is 34.5 Å². The molecule has 0 saturated carbocycles. The number of unbranched alkanes of at least 4 members (excludes halogenated alkanes) is 2. The average Bonchev–Trinajstić information content (AvgIpc) is 1.49. The van der Waals surface area contributed by atoms with E-state index in [0.29, 0.717) is 30.4 Å². The molecule has 0 radical (unpaired) electrons. The number of nitrogens with one attached hydrogen (secondary N) is 2. The fraction of sp³-hybridized carbons (Fsp3) is 0.522. The van der Waals surface area contributed by atoms with Crippen LogP contribution in [0.25, 0.3) is 0 Å². The highest BCUT2D eigenvalue weighted by Gasteiger charge is 2.59. The standard InChI is InChI=1S/C92H113N7O40/c1-45-33-61-81(110)97(87(114)125-43-53-23-25-63(57(35-53)77(106)93-27-31-118-15)134-85-75(132-51(7)104)71(130-49(5)102)69(128-47(3)100)73(136-85)83(112)121-18)59-39-67(65(119-16)37-55(59)79(108)95(61)41-45)123-29-21-20-22-30-124-68-40-60-56(38-66(68)120-17)80(109)96-42-46(2)34-62(96)82(111)98(60)88(115)126-44-54-24-26-64(58(36-54)78(107)94-28-32-127-99(89(116)138-91(9,10)11)90(117)139-92(12,13)14)135-86-76(133-52(8)105)72(131-50(6)103)70(129-48(4)101)74(137-86)84(113)122-19/h23-26,35-40,61-62,69-76,81-82,85-86,110-111H,1-2,20-22,27-34,41-44H2,3-19H3,(H,93,106)(H,94,107)/t61-,62-,69-,70-,71-,72-,73-,74-,75+,76+,81?,82?,85+,86+/m0/s1. The van der Waals surface area contributed by atoms with Gasteiger partial charge >= 0.3 is 72.1 Å². The van der Waals surface area contributed by atoms with Crippen molar-refractivity contribution < 1.29 is 191 Å². The summed E-state index contributed by atoms with van der Waals surface area (Å²) in [6.07, 6.45) is -26.2. The van der Waals surface area contributed by atoms with Gasteiger partial charge in [-0.15, -0.1) is 0 Å². The predicted molar refractivity (Wildman–Crippen MR) is 471 cm³/mol. The van der Waals surface area contributed by atoms with Crippen LogP contribution in [-0.4, -0.2) is 306 Å². The number of fused-ring (bicyclic) bond motifs is 4. The second-order valence-corrected chi connectivity index (χ2v) is 34.2. The SMILES string of the molecule is C=C1C[C@H]2C(O)N(C(=O)OCc3ccc(O[C@@H]4O[C@H](C(=O)OC)[C@@H](OC(C)=O)[C@H](OC(C)=O)[C@H]4OC(C)=O)c(C(=O)NCCOC)c3)c3cc(OCCCCCOc4cc5c(cc4OC)C(=O)N4CC(=C)C[C@H]4C(O)N5C(=O)OCc4ccc(O[C@@H]5O[C@H](C(=O)OC)[C@@H](OC(C)=O)[C@H](OC(C)=O)[C@H]5OC(C)=O)c(C(=O)NCCON(C(=O)OC(C)(C)C)C(=O)OC(C)(C)C)c4)c(OC)cc3C(=O)N2C1. The molecule has 6 heterocycles. The molecule has 756 valence electrons. The largest absolute Gasteiger partial charge is 0.493 e. The Bertz CT molecular complexity index is 5310. The predicted octanol–water partition coefficient (Wildman–Crippen LogP) is 6.18. The van der Waals surface area contributed by atoms with Crippen LogP contribution >= 0.6 is 0 Å². The van der Waals surface area contributed by atoms with Crippen molar-refractivity contribution in [2.24, 2.45) is 0 Å². The molecule has 0 bridgehead atoms. The van der Waals surface area contributed by atoms with E-state index >= 15 is 4.79 Å². The molecule has 14 atom stereocenters. The van der Waals surface area contributed by atoms with Gasteiger partial charge in [-0.25, -0.2) is 38.6 Å². The number of aliphatic hydroxyl groups excluding tert-OH is 2. The summed E-state index contributed by atoms with van der Waals surface area (Å²) in [5.41, 5.74) is -2.38. The third kappa shape index (κ3) is 26.8. The highest BCUT2D eigenvalue weighted by atomic mass is 16.8. The number of imide groups is 1. The van der Waals surface area contributed by atoms with Gasteiger partial charge in [0, 0.05) is 87.0 Å². The number of benzene rings is 4. The van der Waals surface area contributed by atoms with Crippen molar-refractivity contribution in [3.8, 4) is 34.5 Å². The number of amides is 8. The quantitative estimate of drug-likeness (QED) is 0.0131. The number of hydroxylamine groups is 2. The first-order valence-corrected chi connectivity index (χ1v) is 43.7. The van der Waals surface area contributed by atoms with Crippen LogP contribution in [0.1, 0.15) is 168 Å². The zero-order chi connectivity index (χ0) is 102. The molecular weight excluding hydrogens is 1840 g/mol. The van der Waals surface area contributed by atoms with Crippen LogP contribution < -0.4 is 48.9 Å². The van der Waals surface area contributed by atoms with Crippen molar-refractivity contribution in [3.05, 3.63) is 118 Å². The minimum atomic E-state index is -2.02. The van der Waals surface area contributed by atoms with Crippen LogP contribution in [0.15, 0.2) is 85.0 Å². The third-order valence-corrected chi connectivity index (χ3v) is 21.3. The number of aliphatic hydroxyl groups is 2. The molecule has 4 aromatic rings. The van der Waals surface area contributed by atoms with E-state index < -0.39 is 231 Å². The molecule has 47 nitrogen and oxygen atoms in total. The Hall–Kier alpha value is -14.2. The molecule has 4 aromatic carbocycles. The van der Waals surface area contributed by atoms with E-state index in [2.05, 4.69) is 23.8 Å². The topological polar surface area (TPSA) is 557 Å². The normalized spacial score (nSPS) is 21.9. The summed E-state index contributed by atoms with van der Waals surface area (Å²) < 4.78 is 119. The maximum Gasteiger partial charge on any atom is 0.444 e. The van der Waals surface area contributed by atoms with Gasteiger partial charge in [0.15, 0.2) is 72.1 Å². The molecule has 139 heavy (non-hydrogen) atoms. The number of hydrogen-bond acceptors (Lipinski definition) is 40. The molecule has 0 aromatic heterocycles. The number of carbonyl (C=O) groups excluding carboxylic acids is 16. The monoisotopic (exact) mass is 1960 g/mol. The van der Waals surface area contributed by atoms with Gasteiger partial charge < -0.3 is 130 Å². The Morgan fingerprint density at radius 1 is 0.453 bits per heavy atom. The molecular formula is C92H113N7O40. The molecule has 6 aliphatic rings. The summed E-state index contributed by atoms with van der Waals surface area (Å²) in [4.78, 5) is 227. The molecule has 4 fully saturated rings. The van der Waals surface area contributed by atoms with E-state index in [1.165, 1.54) is 121 Å². The van der Waals surface area contributed by atoms with Gasteiger partial charge in [-0.1, -0.05) is 41.5 Å². The van der Waals surface area contributed by atoms with Crippen LogP contribution in [0.3, 0.4) is 0 Å². The maximum atomic E-state index is 15.0. The Balaban J connectivity index is 0.874. The lowest BCUT2D eigenvalue weighted by molar-refractivity contribution is -0.282. The summed E-state index contributed by atoms with van der Waals surface area (Å²) in [6, 6.07) is 10.6. The summed E-state index contributed by atoms with van der Waals surface area (Å²) in [6.45, 7) is 20.6. The maximum absolute atomic E-state index is 15.0. The smallest absolute Gasteiger partial charge is 0.444 e. The van der Waals surface area contributed by atoms with E-state index in [1.54, 1.807) is 0 Å². The van der Waals surface area contributed by atoms with Crippen molar-refractivity contribution in [3.63, 3.8) is 0 Å². The van der Waals surface area contributed by atoms with Gasteiger partial charge in [0.05, 0.1) is 101 Å². The van der Waals surface area contributed by atoms with E-state index in [-0.39, 0.29) is 125 Å². The number of hydrogen-bond donors (Lipinski definition) is 4. The van der Waals surface area contributed by atoms with Gasteiger partial charge in [-0.3, -0.25) is 52.8 Å². The second-order valence-electron chi connectivity index (χ2n) is 34.2. The van der Waals surface area contributed by atoms with E-state index in [9.17, 15) is 82.1 Å². The Kier molecular flexibility index (Phi) is 36.0. The minimum absolute atomic E-state index is 0.00793. The fourth-order valence-electron chi connectivity index (χ4n) is 15.6. The van der Waals surface area contributed by atoms with Crippen LogP contribution in [-0.2, 0) is 127 Å². The van der Waals surface area contributed by atoms with Crippen molar-refractivity contribution in [1.29, 1.82) is 0 Å².